The number of methoxy groups -OCH3 is 1. The number of ether oxygens (including phenoxy) is 1. The lowest BCUT2D eigenvalue weighted by Crippen LogP contribution is -2.38. The Morgan fingerprint density at radius 2 is 2.04 bits per heavy atom. The van der Waals surface area contributed by atoms with Crippen LogP contribution in [-0.2, 0) is 27.2 Å². The number of carbonyl (C=O) groups excluding carboxylic acids is 2. The number of esters is 1. The van der Waals surface area contributed by atoms with Gasteiger partial charge >= 0.3 is 5.97 Å². The number of nitrogens with zero attached hydrogens (tertiary/aromatic N) is 2. The van der Waals surface area contributed by atoms with Crippen molar-refractivity contribution in [1.29, 1.82) is 0 Å². The number of aromatic nitrogens is 2. The van der Waals surface area contributed by atoms with Gasteiger partial charge in [0.15, 0.2) is 5.82 Å². The molecule has 2 aromatic rings. The Bertz CT molecular complexity index is 803. The van der Waals surface area contributed by atoms with E-state index in [9.17, 15) is 9.59 Å². The first-order chi connectivity index (χ1) is 12.2. The summed E-state index contributed by atoms with van der Waals surface area (Å²) >= 11 is 0. The van der Waals surface area contributed by atoms with Crippen LogP contribution in [0.15, 0.2) is 48.7 Å². The van der Waals surface area contributed by atoms with Crippen molar-refractivity contribution in [1.82, 2.24) is 15.3 Å². The minimum atomic E-state index is -0.550. The molecule has 1 aliphatic rings. The maximum absolute atomic E-state index is 11.8. The highest BCUT2D eigenvalue weighted by molar-refractivity contribution is 5.94. The fourth-order valence-corrected chi connectivity index (χ4v) is 2.82. The average molecular weight is 337 g/mol. The monoisotopic (exact) mass is 337 g/mol. The molecule has 128 valence electrons. The third-order valence-electron chi connectivity index (χ3n) is 4.10. The standard InChI is InChI=1S/C19H19N3O3/c1-25-18(24)10-9-17(23)21-15-7-8-16-14(11-15)12-20-19(22-16)13-5-3-2-4-6-13/h2-6,9-10,12,15H,7-8,11H2,1H3,(H,21,23)/b10-9+. The predicted molar refractivity (Wildman–Crippen MR) is 92.6 cm³/mol. The number of benzene rings is 1. The maximum Gasteiger partial charge on any atom is 0.330 e. The van der Waals surface area contributed by atoms with E-state index in [1.807, 2.05) is 36.5 Å². The van der Waals surface area contributed by atoms with E-state index in [-0.39, 0.29) is 11.9 Å². The maximum atomic E-state index is 11.8. The van der Waals surface area contributed by atoms with Crippen molar-refractivity contribution in [3.8, 4) is 11.4 Å². The number of hydrogen-bond donors (Lipinski definition) is 1. The molecule has 1 atom stereocenters. The van der Waals surface area contributed by atoms with Crippen molar-refractivity contribution in [3.05, 3.63) is 59.9 Å². The number of nitrogens with one attached hydrogen (secondary N) is 1. The lowest BCUT2D eigenvalue weighted by molar-refractivity contribution is -0.135. The highest BCUT2D eigenvalue weighted by Crippen LogP contribution is 2.22. The molecule has 1 unspecified atom stereocenters. The van der Waals surface area contributed by atoms with Gasteiger partial charge in [-0.05, 0) is 24.8 Å². The fourth-order valence-electron chi connectivity index (χ4n) is 2.82. The fraction of sp³-hybridized carbons (Fsp3) is 0.263. The highest BCUT2D eigenvalue weighted by atomic mass is 16.5. The van der Waals surface area contributed by atoms with Crippen molar-refractivity contribution in [2.24, 2.45) is 0 Å². The second-order valence-electron chi connectivity index (χ2n) is 5.84. The van der Waals surface area contributed by atoms with E-state index in [1.165, 1.54) is 13.2 Å². The van der Waals surface area contributed by atoms with Gasteiger partial charge in [0.25, 0.3) is 0 Å². The lowest BCUT2D eigenvalue weighted by atomic mass is 9.92. The highest BCUT2D eigenvalue weighted by Gasteiger charge is 2.21. The zero-order chi connectivity index (χ0) is 17.6. The van der Waals surface area contributed by atoms with E-state index in [2.05, 4.69) is 20.0 Å². The zero-order valence-corrected chi connectivity index (χ0v) is 13.9. The summed E-state index contributed by atoms with van der Waals surface area (Å²) in [4.78, 5) is 32.0. The van der Waals surface area contributed by atoms with Crippen LogP contribution in [0, 0.1) is 0 Å². The van der Waals surface area contributed by atoms with Crippen LogP contribution in [0.5, 0.6) is 0 Å². The minimum Gasteiger partial charge on any atom is -0.466 e. The quantitative estimate of drug-likeness (QED) is 0.680. The Kier molecular flexibility index (Phi) is 5.18. The first kappa shape index (κ1) is 16.8. The normalized spacial score (nSPS) is 16.3. The Morgan fingerprint density at radius 1 is 1.24 bits per heavy atom. The third-order valence-corrected chi connectivity index (χ3v) is 4.10. The molecule has 0 saturated heterocycles. The van der Waals surface area contributed by atoms with E-state index in [1.54, 1.807) is 0 Å². The molecule has 1 amide bonds. The molecule has 1 aromatic heterocycles. The zero-order valence-electron chi connectivity index (χ0n) is 13.9. The summed E-state index contributed by atoms with van der Waals surface area (Å²) in [5, 5.41) is 2.90. The predicted octanol–water partition coefficient (Wildman–Crippen LogP) is 1.85. The average Bonchev–Trinajstić information content (AvgIpc) is 2.66. The Labute approximate surface area is 146 Å². The smallest absolute Gasteiger partial charge is 0.330 e. The summed E-state index contributed by atoms with van der Waals surface area (Å²) in [5.74, 6) is -0.130. The summed E-state index contributed by atoms with van der Waals surface area (Å²) in [7, 11) is 1.27. The van der Waals surface area contributed by atoms with Gasteiger partial charge in [0.05, 0.1) is 7.11 Å². The van der Waals surface area contributed by atoms with E-state index in [4.69, 9.17) is 0 Å². The topological polar surface area (TPSA) is 81.2 Å². The number of rotatable bonds is 4. The molecular formula is C19H19N3O3. The van der Waals surface area contributed by atoms with Crippen LogP contribution in [0.4, 0.5) is 0 Å². The number of aryl methyl sites for hydroxylation is 1. The number of hydrogen-bond acceptors (Lipinski definition) is 5. The number of carbonyl (C=O) groups is 2. The van der Waals surface area contributed by atoms with Crippen LogP contribution in [0.25, 0.3) is 11.4 Å². The molecule has 0 radical (unpaired) electrons. The Hall–Kier alpha value is -3.02. The molecule has 6 nitrogen and oxygen atoms in total. The number of amides is 1. The van der Waals surface area contributed by atoms with Crippen LogP contribution < -0.4 is 5.32 Å². The molecule has 0 aliphatic heterocycles. The first-order valence-electron chi connectivity index (χ1n) is 8.12. The summed E-state index contributed by atoms with van der Waals surface area (Å²) in [6.45, 7) is 0. The molecule has 1 aromatic carbocycles. The molecule has 1 heterocycles. The van der Waals surface area contributed by atoms with Gasteiger partial charge in [-0.1, -0.05) is 30.3 Å². The third kappa shape index (κ3) is 4.29. The molecule has 25 heavy (non-hydrogen) atoms. The van der Waals surface area contributed by atoms with Gasteiger partial charge in [0, 0.05) is 35.6 Å². The number of fused-ring (bicyclic) bond motifs is 1. The van der Waals surface area contributed by atoms with Gasteiger partial charge in [0.1, 0.15) is 0 Å². The molecule has 0 bridgehead atoms. The van der Waals surface area contributed by atoms with Crippen LogP contribution in [0.1, 0.15) is 17.7 Å². The van der Waals surface area contributed by atoms with E-state index < -0.39 is 5.97 Å². The van der Waals surface area contributed by atoms with E-state index in [0.717, 1.165) is 41.6 Å². The summed E-state index contributed by atoms with van der Waals surface area (Å²) in [5.41, 5.74) is 3.08. The molecule has 1 aliphatic carbocycles. The van der Waals surface area contributed by atoms with Crippen molar-refractivity contribution in [2.45, 2.75) is 25.3 Å². The van der Waals surface area contributed by atoms with Crippen LogP contribution in [0.2, 0.25) is 0 Å². The lowest BCUT2D eigenvalue weighted by Gasteiger charge is -2.24. The Balaban J connectivity index is 1.65. The summed E-state index contributed by atoms with van der Waals surface area (Å²) in [6, 6.07) is 9.87. The van der Waals surface area contributed by atoms with Crippen molar-refractivity contribution in [3.63, 3.8) is 0 Å². The van der Waals surface area contributed by atoms with Gasteiger partial charge in [0.2, 0.25) is 5.91 Å². The van der Waals surface area contributed by atoms with Gasteiger partial charge in [-0.25, -0.2) is 14.8 Å². The molecule has 6 heteroatoms. The van der Waals surface area contributed by atoms with Gasteiger partial charge in [-0.15, -0.1) is 0 Å². The van der Waals surface area contributed by atoms with Crippen LogP contribution in [0.3, 0.4) is 0 Å². The first-order valence-corrected chi connectivity index (χ1v) is 8.12. The molecule has 0 spiro atoms. The van der Waals surface area contributed by atoms with Crippen molar-refractivity contribution < 1.29 is 14.3 Å². The van der Waals surface area contributed by atoms with Gasteiger partial charge in [-0.3, -0.25) is 4.79 Å². The van der Waals surface area contributed by atoms with Crippen LogP contribution >= 0.6 is 0 Å². The summed E-state index contributed by atoms with van der Waals surface area (Å²) < 4.78 is 4.46. The molecule has 1 N–H and O–H groups in total. The van der Waals surface area contributed by atoms with Gasteiger partial charge < -0.3 is 10.1 Å². The molecule has 0 fully saturated rings. The molecule has 3 rings (SSSR count). The SMILES string of the molecule is COC(=O)/C=C/C(=O)NC1CCc2nc(-c3ccccc3)ncc2C1. The Morgan fingerprint density at radius 3 is 2.80 bits per heavy atom. The second-order valence-corrected chi connectivity index (χ2v) is 5.84. The largest absolute Gasteiger partial charge is 0.466 e. The van der Waals surface area contributed by atoms with E-state index in [0.29, 0.717) is 6.42 Å². The van der Waals surface area contributed by atoms with Crippen LogP contribution in [-0.4, -0.2) is 35.0 Å². The second kappa shape index (κ2) is 7.70. The van der Waals surface area contributed by atoms with Crippen molar-refractivity contribution >= 4 is 11.9 Å². The minimum absolute atomic E-state index is 0.00784. The molecule has 0 saturated carbocycles. The molecular weight excluding hydrogens is 318 g/mol. The van der Waals surface area contributed by atoms with Crippen molar-refractivity contribution in [2.75, 3.05) is 7.11 Å². The summed E-state index contributed by atoms with van der Waals surface area (Å²) in [6.07, 6.45) is 6.41. The van der Waals surface area contributed by atoms with E-state index >= 15 is 0 Å². The van der Waals surface area contributed by atoms with Gasteiger partial charge in [-0.2, -0.15) is 0 Å².